The molecule has 0 fully saturated rings. The molecule has 0 saturated carbocycles. The van der Waals surface area contributed by atoms with E-state index in [9.17, 15) is 5.11 Å². The number of anilines is 2. The van der Waals surface area contributed by atoms with Gasteiger partial charge in [0.15, 0.2) is 11.5 Å². The number of nitrogens with zero attached hydrogens (tertiary/aromatic N) is 4. The number of hydrogen-bond donors (Lipinski definition) is 3. The molecule has 0 amide bonds. The highest BCUT2D eigenvalue weighted by atomic mass is 16.5. The molecule has 0 radical (unpaired) electrons. The van der Waals surface area contributed by atoms with Crippen LogP contribution in [0.2, 0.25) is 0 Å². The molecule has 2 aromatic rings. The van der Waals surface area contributed by atoms with Gasteiger partial charge < -0.3 is 25.0 Å². The summed E-state index contributed by atoms with van der Waals surface area (Å²) in [6.07, 6.45) is 2.58. The standard InChI is InChI=1S/C13H22N6O2/c1-3-4-14-13-17-11-10(15-9-16-11)12(18-13)19(5-7-20)6-8-21-2/h9,20H,3-8H2,1-2H3,(H2,14,15,16,17,18). The van der Waals surface area contributed by atoms with Crippen LogP contribution in [0, 0.1) is 0 Å². The van der Waals surface area contributed by atoms with E-state index in [0.717, 1.165) is 24.3 Å². The van der Waals surface area contributed by atoms with E-state index in [1.165, 1.54) is 0 Å². The van der Waals surface area contributed by atoms with Gasteiger partial charge in [-0.15, -0.1) is 0 Å². The van der Waals surface area contributed by atoms with Gasteiger partial charge in [-0.3, -0.25) is 0 Å². The Hall–Kier alpha value is -1.93. The van der Waals surface area contributed by atoms with Crippen LogP contribution in [0.3, 0.4) is 0 Å². The minimum atomic E-state index is 0.0427. The fourth-order valence-corrected chi connectivity index (χ4v) is 2.01. The number of hydrogen-bond acceptors (Lipinski definition) is 7. The summed E-state index contributed by atoms with van der Waals surface area (Å²) in [7, 11) is 1.65. The predicted octanol–water partition coefficient (Wildman–Crippen LogP) is 0.620. The molecule has 0 unspecified atom stereocenters. The first-order valence-electron chi connectivity index (χ1n) is 7.09. The maximum atomic E-state index is 9.26. The molecule has 0 bridgehead atoms. The molecule has 3 N–H and O–H groups in total. The zero-order valence-electron chi connectivity index (χ0n) is 12.5. The summed E-state index contributed by atoms with van der Waals surface area (Å²) in [6.45, 7) is 4.58. The highest BCUT2D eigenvalue weighted by Crippen LogP contribution is 2.22. The molecule has 8 nitrogen and oxygen atoms in total. The van der Waals surface area contributed by atoms with Gasteiger partial charge in [-0.1, -0.05) is 6.92 Å². The van der Waals surface area contributed by atoms with Crippen molar-refractivity contribution >= 4 is 22.9 Å². The molecule has 0 saturated heterocycles. The summed E-state index contributed by atoms with van der Waals surface area (Å²) >= 11 is 0. The third kappa shape index (κ3) is 3.79. The second kappa shape index (κ2) is 7.75. The molecule has 0 aromatic carbocycles. The molecule has 21 heavy (non-hydrogen) atoms. The molecule has 0 aliphatic heterocycles. The van der Waals surface area contributed by atoms with Crippen LogP contribution in [0.15, 0.2) is 6.33 Å². The lowest BCUT2D eigenvalue weighted by atomic mass is 10.4. The van der Waals surface area contributed by atoms with Gasteiger partial charge in [-0.05, 0) is 6.42 Å². The molecule has 0 spiro atoms. The Morgan fingerprint density at radius 3 is 2.95 bits per heavy atom. The normalized spacial score (nSPS) is 11.0. The first-order valence-corrected chi connectivity index (χ1v) is 7.09. The van der Waals surface area contributed by atoms with E-state index >= 15 is 0 Å². The van der Waals surface area contributed by atoms with E-state index in [1.807, 2.05) is 4.90 Å². The summed E-state index contributed by atoms with van der Waals surface area (Å²) in [6, 6.07) is 0. The summed E-state index contributed by atoms with van der Waals surface area (Å²) in [5, 5.41) is 12.4. The summed E-state index contributed by atoms with van der Waals surface area (Å²) < 4.78 is 5.12. The third-order valence-electron chi connectivity index (χ3n) is 3.03. The second-order valence-corrected chi connectivity index (χ2v) is 4.60. The zero-order valence-corrected chi connectivity index (χ0v) is 12.5. The monoisotopic (exact) mass is 294 g/mol. The average molecular weight is 294 g/mol. The van der Waals surface area contributed by atoms with Gasteiger partial charge in [0.25, 0.3) is 0 Å². The van der Waals surface area contributed by atoms with Crippen LogP contribution >= 0.6 is 0 Å². The maximum Gasteiger partial charge on any atom is 0.226 e. The van der Waals surface area contributed by atoms with E-state index in [1.54, 1.807) is 13.4 Å². The lowest BCUT2D eigenvalue weighted by Gasteiger charge is -2.23. The van der Waals surface area contributed by atoms with Gasteiger partial charge in [0.05, 0.1) is 19.5 Å². The van der Waals surface area contributed by atoms with Crippen LogP contribution < -0.4 is 10.2 Å². The van der Waals surface area contributed by atoms with E-state index in [-0.39, 0.29) is 6.61 Å². The van der Waals surface area contributed by atoms with Gasteiger partial charge >= 0.3 is 0 Å². The lowest BCUT2D eigenvalue weighted by Crippen LogP contribution is -2.31. The summed E-state index contributed by atoms with van der Waals surface area (Å²) in [4.78, 5) is 18.1. The topological polar surface area (TPSA) is 99.2 Å². The molecule has 0 aliphatic carbocycles. The van der Waals surface area contributed by atoms with Crippen LogP contribution in [0.5, 0.6) is 0 Å². The number of ether oxygens (including phenoxy) is 1. The molecule has 8 heteroatoms. The highest BCUT2D eigenvalue weighted by Gasteiger charge is 2.16. The van der Waals surface area contributed by atoms with Crippen LogP contribution in [0.4, 0.5) is 11.8 Å². The third-order valence-corrected chi connectivity index (χ3v) is 3.03. The van der Waals surface area contributed by atoms with Crippen molar-refractivity contribution in [2.45, 2.75) is 13.3 Å². The van der Waals surface area contributed by atoms with Crippen molar-refractivity contribution in [3.05, 3.63) is 6.33 Å². The average Bonchev–Trinajstić information content (AvgIpc) is 2.97. The Kier molecular flexibility index (Phi) is 5.70. The number of fused-ring (bicyclic) bond motifs is 1. The molecule has 0 atom stereocenters. The Bertz CT molecular complexity index is 559. The fraction of sp³-hybridized carbons (Fsp3) is 0.615. The number of rotatable bonds is 9. The Morgan fingerprint density at radius 2 is 2.24 bits per heavy atom. The highest BCUT2D eigenvalue weighted by molar-refractivity contribution is 5.84. The number of nitrogens with one attached hydrogen (secondary N) is 2. The van der Waals surface area contributed by atoms with Crippen LogP contribution in [0.25, 0.3) is 11.2 Å². The van der Waals surface area contributed by atoms with Gasteiger partial charge in [0.2, 0.25) is 5.95 Å². The number of aliphatic hydroxyl groups excluding tert-OH is 1. The number of methoxy groups -OCH3 is 1. The van der Waals surface area contributed by atoms with Crippen LogP contribution in [-0.4, -0.2) is 65.0 Å². The summed E-state index contributed by atoms with van der Waals surface area (Å²) in [5.41, 5.74) is 1.38. The van der Waals surface area contributed by atoms with Gasteiger partial charge in [0.1, 0.15) is 5.52 Å². The van der Waals surface area contributed by atoms with Gasteiger partial charge in [-0.2, -0.15) is 9.97 Å². The van der Waals surface area contributed by atoms with Crippen molar-refractivity contribution in [3.8, 4) is 0 Å². The molecule has 2 heterocycles. The SMILES string of the molecule is CCCNc1nc(N(CCO)CCOC)c2[nH]cnc2n1. The van der Waals surface area contributed by atoms with Crippen LogP contribution in [0.1, 0.15) is 13.3 Å². The van der Waals surface area contributed by atoms with E-state index in [2.05, 4.69) is 32.2 Å². The van der Waals surface area contributed by atoms with E-state index < -0.39 is 0 Å². The zero-order chi connectivity index (χ0) is 15.1. The Balaban J connectivity index is 2.35. The molecule has 2 aromatic heterocycles. The molecule has 2 rings (SSSR count). The van der Waals surface area contributed by atoms with Crippen molar-refractivity contribution in [2.75, 3.05) is 50.2 Å². The number of aromatic amines is 1. The molecular formula is C13H22N6O2. The van der Waals surface area contributed by atoms with Crippen LogP contribution in [-0.2, 0) is 4.74 Å². The van der Waals surface area contributed by atoms with E-state index in [4.69, 9.17) is 4.74 Å². The van der Waals surface area contributed by atoms with Crippen molar-refractivity contribution < 1.29 is 9.84 Å². The molecular weight excluding hydrogens is 272 g/mol. The number of imidazole rings is 1. The fourth-order valence-electron chi connectivity index (χ4n) is 2.01. The Labute approximate surface area is 123 Å². The van der Waals surface area contributed by atoms with Crippen molar-refractivity contribution in [1.82, 2.24) is 19.9 Å². The molecule has 0 aliphatic rings. The van der Waals surface area contributed by atoms with Crippen molar-refractivity contribution in [1.29, 1.82) is 0 Å². The van der Waals surface area contributed by atoms with Gasteiger partial charge in [0, 0.05) is 26.7 Å². The number of H-pyrrole nitrogens is 1. The molecule has 116 valence electrons. The summed E-state index contributed by atoms with van der Waals surface area (Å²) in [5.74, 6) is 1.27. The second-order valence-electron chi connectivity index (χ2n) is 4.60. The maximum absolute atomic E-state index is 9.26. The minimum absolute atomic E-state index is 0.0427. The Morgan fingerprint density at radius 1 is 1.38 bits per heavy atom. The van der Waals surface area contributed by atoms with Gasteiger partial charge in [-0.25, -0.2) is 4.98 Å². The number of aromatic nitrogens is 4. The minimum Gasteiger partial charge on any atom is -0.395 e. The largest absolute Gasteiger partial charge is 0.395 e. The first kappa shape index (κ1) is 15.5. The first-order chi connectivity index (χ1) is 10.3. The van der Waals surface area contributed by atoms with Crippen molar-refractivity contribution in [3.63, 3.8) is 0 Å². The quantitative estimate of drug-likeness (QED) is 0.623. The van der Waals surface area contributed by atoms with Crippen molar-refractivity contribution in [2.24, 2.45) is 0 Å². The van der Waals surface area contributed by atoms with E-state index in [0.29, 0.717) is 31.3 Å². The lowest BCUT2D eigenvalue weighted by molar-refractivity contribution is 0.202. The number of aliphatic hydroxyl groups is 1. The predicted molar refractivity (Wildman–Crippen MR) is 81.6 cm³/mol. The smallest absolute Gasteiger partial charge is 0.226 e.